The van der Waals surface area contributed by atoms with Crippen LogP contribution < -0.4 is 11.1 Å². The molecule has 7 heteroatoms. The summed E-state index contributed by atoms with van der Waals surface area (Å²) >= 11 is 1.48. The van der Waals surface area contributed by atoms with Gasteiger partial charge in [0.25, 0.3) is 0 Å². The summed E-state index contributed by atoms with van der Waals surface area (Å²) in [4.78, 5) is 9.02. The zero-order valence-corrected chi connectivity index (χ0v) is 16.7. The van der Waals surface area contributed by atoms with Crippen molar-refractivity contribution in [2.75, 3.05) is 11.9 Å². The number of aliphatic hydroxyl groups is 1. The largest absolute Gasteiger partial charge is 0.387 e. The fraction of sp³-hybridized carbons (Fsp3) is 0.182. The lowest BCUT2D eigenvalue weighted by molar-refractivity contribution is 0.151. The summed E-state index contributed by atoms with van der Waals surface area (Å²) in [6.07, 6.45) is 2.54. The summed E-state index contributed by atoms with van der Waals surface area (Å²) in [5.41, 5.74) is 9.04. The van der Waals surface area contributed by atoms with Crippen LogP contribution in [0, 0.1) is 12.9 Å². The molecule has 0 radical (unpaired) electrons. The molecule has 2 aromatic heterocycles. The smallest absolute Gasteiger partial charge is 0.213 e. The zero-order chi connectivity index (χ0) is 20.4. The number of fused-ring (bicyclic) bond motifs is 1. The van der Waals surface area contributed by atoms with E-state index in [0.29, 0.717) is 11.7 Å². The van der Waals surface area contributed by atoms with Crippen molar-refractivity contribution in [3.05, 3.63) is 78.0 Å². The summed E-state index contributed by atoms with van der Waals surface area (Å²) in [5.74, 6) is -0.498. The Hall–Kier alpha value is -2.87. The van der Waals surface area contributed by atoms with Crippen LogP contribution in [0.15, 0.2) is 60.9 Å². The molecular weight excluding hydrogens is 387 g/mol. The molecule has 5 nitrogen and oxygen atoms in total. The summed E-state index contributed by atoms with van der Waals surface area (Å²) in [5, 5.41) is 16.0. The van der Waals surface area contributed by atoms with Crippen molar-refractivity contribution in [3.8, 4) is 10.4 Å². The van der Waals surface area contributed by atoms with E-state index in [-0.39, 0.29) is 0 Å². The van der Waals surface area contributed by atoms with Gasteiger partial charge in [0.1, 0.15) is 0 Å². The normalized spacial score (nSPS) is 13.4. The standard InChI is InChI=1S/C22H21FN4OS/c1-13-2-4-14(5-3-13)21(28)18(24)11-26-22-27-12-19(29-22)15-6-7-16-10-25-20(23)9-17(16)8-15/h2-10,12,18,21,28H,11,24H2,1H3,(H,26,27)/t18-,21+/m1/s1. The van der Waals surface area contributed by atoms with Crippen LogP contribution in [0.1, 0.15) is 17.2 Å². The lowest BCUT2D eigenvalue weighted by Gasteiger charge is -2.19. The average Bonchev–Trinajstić information content (AvgIpc) is 3.20. The van der Waals surface area contributed by atoms with Crippen molar-refractivity contribution < 1.29 is 9.50 Å². The van der Waals surface area contributed by atoms with Gasteiger partial charge >= 0.3 is 0 Å². The first-order valence-corrected chi connectivity index (χ1v) is 10.1. The third-order valence-corrected chi connectivity index (χ3v) is 5.80. The number of benzene rings is 2. The number of hydrogen-bond acceptors (Lipinski definition) is 6. The van der Waals surface area contributed by atoms with Gasteiger partial charge in [0.15, 0.2) is 5.13 Å². The zero-order valence-electron chi connectivity index (χ0n) is 15.8. The lowest BCUT2D eigenvalue weighted by Crippen LogP contribution is -2.35. The van der Waals surface area contributed by atoms with Gasteiger partial charge in [0.2, 0.25) is 5.95 Å². The molecule has 29 heavy (non-hydrogen) atoms. The highest BCUT2D eigenvalue weighted by Crippen LogP contribution is 2.31. The highest BCUT2D eigenvalue weighted by Gasteiger charge is 2.17. The Bertz CT molecular complexity index is 1130. The first-order chi connectivity index (χ1) is 14.0. The second kappa shape index (κ2) is 8.24. The van der Waals surface area contributed by atoms with E-state index < -0.39 is 18.1 Å². The predicted octanol–water partition coefficient (Wildman–Crippen LogP) is 4.28. The van der Waals surface area contributed by atoms with Gasteiger partial charge in [-0.2, -0.15) is 4.39 Å². The topological polar surface area (TPSA) is 84.1 Å². The minimum Gasteiger partial charge on any atom is -0.387 e. The van der Waals surface area contributed by atoms with Crippen LogP contribution in [0.3, 0.4) is 0 Å². The molecule has 0 bridgehead atoms. The SMILES string of the molecule is Cc1ccc([C@H](O)[C@H](N)CNc2ncc(-c3ccc4cnc(F)cc4c3)s2)cc1. The summed E-state index contributed by atoms with van der Waals surface area (Å²) in [6, 6.07) is 14.4. The monoisotopic (exact) mass is 408 g/mol. The number of pyridine rings is 1. The Morgan fingerprint density at radius 2 is 1.86 bits per heavy atom. The van der Waals surface area contributed by atoms with Gasteiger partial charge in [-0.25, -0.2) is 9.97 Å². The second-order valence-corrected chi connectivity index (χ2v) is 8.03. The average molecular weight is 409 g/mol. The number of nitrogens with two attached hydrogens (primary N) is 1. The molecule has 0 spiro atoms. The van der Waals surface area contributed by atoms with Crippen molar-refractivity contribution in [1.29, 1.82) is 0 Å². The molecule has 0 saturated carbocycles. The van der Waals surface area contributed by atoms with Gasteiger partial charge in [-0.1, -0.05) is 53.3 Å². The van der Waals surface area contributed by atoms with E-state index in [1.165, 1.54) is 23.6 Å². The number of nitrogens with one attached hydrogen (secondary N) is 1. The van der Waals surface area contributed by atoms with Gasteiger partial charge in [-0.05, 0) is 29.5 Å². The number of halogens is 1. The molecule has 148 valence electrons. The number of aryl methyl sites for hydroxylation is 1. The van der Waals surface area contributed by atoms with Gasteiger partial charge in [-0.3, -0.25) is 0 Å². The van der Waals surface area contributed by atoms with Crippen molar-refractivity contribution >= 4 is 27.2 Å². The molecular formula is C22H21FN4OS. The van der Waals surface area contributed by atoms with Gasteiger partial charge in [0, 0.05) is 30.4 Å². The molecule has 0 aliphatic carbocycles. The quantitative estimate of drug-likeness (QED) is 0.415. The highest BCUT2D eigenvalue weighted by molar-refractivity contribution is 7.18. The Kier molecular flexibility index (Phi) is 5.53. The van der Waals surface area contributed by atoms with Gasteiger partial charge in [0.05, 0.1) is 17.0 Å². The fourth-order valence-corrected chi connectivity index (χ4v) is 3.90. The number of thiazole rings is 1. The number of aromatic nitrogens is 2. The lowest BCUT2D eigenvalue weighted by atomic mass is 10.0. The summed E-state index contributed by atoms with van der Waals surface area (Å²) < 4.78 is 13.4. The Balaban J connectivity index is 1.43. The molecule has 0 aliphatic rings. The van der Waals surface area contributed by atoms with Crippen LogP contribution in [0.2, 0.25) is 0 Å². The number of aliphatic hydroxyl groups excluding tert-OH is 1. The predicted molar refractivity (Wildman–Crippen MR) is 115 cm³/mol. The molecule has 2 heterocycles. The van der Waals surface area contributed by atoms with E-state index in [4.69, 9.17) is 5.73 Å². The van der Waals surface area contributed by atoms with E-state index in [1.807, 2.05) is 49.4 Å². The van der Waals surface area contributed by atoms with Gasteiger partial charge < -0.3 is 16.2 Å². The van der Waals surface area contributed by atoms with Crippen molar-refractivity contribution in [1.82, 2.24) is 9.97 Å². The van der Waals surface area contributed by atoms with Crippen molar-refractivity contribution in [3.63, 3.8) is 0 Å². The summed E-state index contributed by atoms with van der Waals surface area (Å²) in [7, 11) is 0. The van der Waals surface area contributed by atoms with E-state index >= 15 is 0 Å². The molecule has 0 amide bonds. The molecule has 0 saturated heterocycles. The maximum absolute atomic E-state index is 13.4. The van der Waals surface area contributed by atoms with Gasteiger partial charge in [-0.15, -0.1) is 0 Å². The number of rotatable bonds is 6. The molecule has 0 fully saturated rings. The first-order valence-electron chi connectivity index (χ1n) is 9.25. The Labute approximate surface area is 172 Å². The number of nitrogens with zero attached hydrogens (tertiary/aromatic N) is 2. The Morgan fingerprint density at radius 3 is 2.66 bits per heavy atom. The van der Waals surface area contributed by atoms with Crippen LogP contribution in [0.5, 0.6) is 0 Å². The molecule has 0 unspecified atom stereocenters. The van der Waals surface area contributed by atoms with E-state index in [2.05, 4.69) is 15.3 Å². The van der Waals surface area contributed by atoms with Crippen molar-refractivity contribution in [2.24, 2.45) is 5.73 Å². The highest BCUT2D eigenvalue weighted by atomic mass is 32.1. The van der Waals surface area contributed by atoms with Crippen LogP contribution in [-0.2, 0) is 0 Å². The van der Waals surface area contributed by atoms with E-state index in [1.54, 1.807) is 6.20 Å². The second-order valence-electron chi connectivity index (χ2n) is 7.00. The van der Waals surface area contributed by atoms with Crippen LogP contribution >= 0.6 is 11.3 Å². The minimum absolute atomic E-state index is 0.386. The maximum Gasteiger partial charge on any atom is 0.213 e. The van der Waals surface area contributed by atoms with Crippen molar-refractivity contribution in [2.45, 2.75) is 19.1 Å². The van der Waals surface area contributed by atoms with E-state index in [9.17, 15) is 9.50 Å². The minimum atomic E-state index is -0.758. The third-order valence-electron chi connectivity index (χ3n) is 4.79. The molecule has 4 rings (SSSR count). The third kappa shape index (κ3) is 4.42. The van der Waals surface area contributed by atoms with Crippen LogP contribution in [-0.4, -0.2) is 27.7 Å². The molecule has 2 aromatic carbocycles. The maximum atomic E-state index is 13.4. The number of hydrogen-bond donors (Lipinski definition) is 3. The molecule has 2 atom stereocenters. The fourth-order valence-electron chi connectivity index (χ4n) is 3.08. The molecule has 4 aromatic rings. The van der Waals surface area contributed by atoms with E-state index in [0.717, 1.165) is 32.3 Å². The van der Waals surface area contributed by atoms with Crippen LogP contribution in [0.25, 0.3) is 21.2 Å². The number of anilines is 1. The summed E-state index contributed by atoms with van der Waals surface area (Å²) in [6.45, 7) is 2.39. The Morgan fingerprint density at radius 1 is 1.07 bits per heavy atom. The molecule has 4 N–H and O–H groups in total. The first kappa shape index (κ1) is 19.4. The molecule has 0 aliphatic heterocycles. The van der Waals surface area contributed by atoms with Crippen LogP contribution in [0.4, 0.5) is 9.52 Å².